The Bertz CT molecular complexity index is 150. The quantitative estimate of drug-likeness (QED) is 0.589. The Morgan fingerprint density at radius 2 is 2.23 bits per heavy atom. The first-order valence-electron chi connectivity index (χ1n) is 4.66. The largest absolute Gasteiger partial charge is 0.463 e. The van der Waals surface area contributed by atoms with Crippen molar-refractivity contribution >= 4 is 5.97 Å². The van der Waals surface area contributed by atoms with Gasteiger partial charge >= 0.3 is 5.97 Å². The summed E-state index contributed by atoms with van der Waals surface area (Å²) < 4.78 is 4.84. The van der Waals surface area contributed by atoms with Gasteiger partial charge in [-0.1, -0.05) is 20.3 Å². The van der Waals surface area contributed by atoms with Crippen LogP contribution in [0.3, 0.4) is 0 Å². The van der Waals surface area contributed by atoms with Gasteiger partial charge in [-0.2, -0.15) is 0 Å². The van der Waals surface area contributed by atoms with Crippen molar-refractivity contribution in [3.8, 4) is 0 Å². The fraction of sp³-hybridized carbons (Fsp3) is 0.889. The summed E-state index contributed by atoms with van der Waals surface area (Å²) in [5, 5.41) is 8.97. The van der Waals surface area contributed by atoms with Crippen molar-refractivity contribution in [2.24, 2.45) is 11.7 Å². The summed E-state index contributed by atoms with van der Waals surface area (Å²) in [6, 6.07) is 0. The van der Waals surface area contributed by atoms with Gasteiger partial charge in [0.05, 0.1) is 6.61 Å². The summed E-state index contributed by atoms with van der Waals surface area (Å²) in [7, 11) is 0. The lowest BCUT2D eigenvalue weighted by atomic mass is 10.1. The first-order chi connectivity index (χ1) is 6.11. The van der Waals surface area contributed by atoms with E-state index in [-0.39, 0.29) is 6.54 Å². The van der Waals surface area contributed by atoms with Gasteiger partial charge in [0.1, 0.15) is 0 Å². The van der Waals surface area contributed by atoms with Crippen LogP contribution in [0.15, 0.2) is 0 Å². The average Bonchev–Trinajstić information content (AvgIpc) is 2.13. The van der Waals surface area contributed by atoms with Gasteiger partial charge < -0.3 is 15.6 Å². The number of aliphatic hydroxyl groups excluding tert-OH is 1. The number of rotatable bonds is 6. The lowest BCUT2D eigenvalue weighted by Crippen LogP contribution is -2.31. The number of aliphatic hydroxyl groups is 1. The van der Waals surface area contributed by atoms with Gasteiger partial charge in [0.15, 0.2) is 6.10 Å². The van der Waals surface area contributed by atoms with Crippen molar-refractivity contribution in [3.63, 3.8) is 0 Å². The first kappa shape index (κ1) is 12.4. The molecule has 13 heavy (non-hydrogen) atoms. The predicted molar refractivity (Wildman–Crippen MR) is 50.1 cm³/mol. The van der Waals surface area contributed by atoms with Crippen LogP contribution in [-0.4, -0.2) is 30.3 Å². The summed E-state index contributed by atoms with van der Waals surface area (Å²) in [5.74, 6) is -0.274. The van der Waals surface area contributed by atoms with E-state index in [9.17, 15) is 4.79 Å². The molecule has 3 N–H and O–H groups in total. The van der Waals surface area contributed by atoms with Gasteiger partial charge in [0.2, 0.25) is 0 Å². The van der Waals surface area contributed by atoms with E-state index in [1.807, 2.05) is 6.92 Å². The Labute approximate surface area is 79.1 Å². The molecule has 0 aliphatic carbocycles. The summed E-state index contributed by atoms with van der Waals surface area (Å²) >= 11 is 0. The maximum Gasteiger partial charge on any atom is 0.336 e. The zero-order chi connectivity index (χ0) is 10.3. The number of carbonyl (C=O) groups is 1. The average molecular weight is 189 g/mol. The molecule has 0 spiro atoms. The Morgan fingerprint density at radius 3 is 2.69 bits per heavy atom. The van der Waals surface area contributed by atoms with Gasteiger partial charge in [0.25, 0.3) is 0 Å². The molecule has 4 heteroatoms. The molecule has 0 aliphatic rings. The van der Waals surface area contributed by atoms with Crippen LogP contribution in [0.1, 0.15) is 26.7 Å². The fourth-order valence-corrected chi connectivity index (χ4v) is 0.993. The van der Waals surface area contributed by atoms with Crippen molar-refractivity contribution in [2.45, 2.75) is 32.8 Å². The Morgan fingerprint density at radius 1 is 1.62 bits per heavy atom. The summed E-state index contributed by atoms with van der Waals surface area (Å²) in [5.41, 5.74) is 5.09. The normalized spacial score (nSPS) is 15.1. The van der Waals surface area contributed by atoms with Gasteiger partial charge in [-0.3, -0.25) is 0 Å². The van der Waals surface area contributed by atoms with Crippen molar-refractivity contribution in [1.82, 2.24) is 0 Å². The van der Waals surface area contributed by atoms with Crippen LogP contribution in [0, 0.1) is 5.92 Å². The van der Waals surface area contributed by atoms with Crippen LogP contribution in [0.4, 0.5) is 0 Å². The minimum atomic E-state index is -1.17. The van der Waals surface area contributed by atoms with Crippen molar-refractivity contribution in [2.75, 3.05) is 13.2 Å². The molecule has 0 aromatic heterocycles. The Kier molecular flexibility index (Phi) is 6.54. The summed E-state index contributed by atoms with van der Waals surface area (Å²) in [6.07, 6.45) is 0.915. The Hall–Kier alpha value is -0.610. The predicted octanol–water partition coefficient (Wildman–Crippen LogP) is 0.285. The van der Waals surface area contributed by atoms with E-state index in [0.717, 1.165) is 12.8 Å². The third-order valence-corrected chi connectivity index (χ3v) is 1.79. The molecule has 1 unspecified atom stereocenters. The number of hydrogen-bond acceptors (Lipinski definition) is 4. The zero-order valence-electron chi connectivity index (χ0n) is 8.32. The third kappa shape index (κ3) is 5.60. The Balaban J connectivity index is 3.57. The second kappa shape index (κ2) is 6.86. The molecular weight excluding hydrogens is 170 g/mol. The van der Waals surface area contributed by atoms with E-state index in [2.05, 4.69) is 6.92 Å². The van der Waals surface area contributed by atoms with Gasteiger partial charge in [-0.15, -0.1) is 0 Å². The van der Waals surface area contributed by atoms with Crippen molar-refractivity contribution in [1.29, 1.82) is 0 Å². The van der Waals surface area contributed by atoms with Crippen LogP contribution in [0.25, 0.3) is 0 Å². The van der Waals surface area contributed by atoms with E-state index in [4.69, 9.17) is 15.6 Å². The minimum Gasteiger partial charge on any atom is -0.463 e. The fourth-order valence-electron chi connectivity index (χ4n) is 0.993. The molecular formula is C9H19NO3. The van der Waals surface area contributed by atoms with Gasteiger partial charge in [-0.25, -0.2) is 4.79 Å². The number of carbonyl (C=O) groups excluding carboxylic acids is 1. The lowest BCUT2D eigenvalue weighted by Gasteiger charge is -2.12. The molecule has 0 saturated carbocycles. The van der Waals surface area contributed by atoms with E-state index >= 15 is 0 Å². The molecule has 2 atom stereocenters. The number of hydrogen-bond donors (Lipinski definition) is 2. The number of esters is 1. The standard InChI is InChI=1S/C9H19NO3/c1-3-4-7(2)6-13-9(12)8(11)5-10/h7-8,11H,3-6,10H2,1-2H3/t7?,8-/m0/s1. The minimum absolute atomic E-state index is 0.0823. The van der Waals surface area contributed by atoms with Gasteiger partial charge in [-0.05, 0) is 12.3 Å². The highest BCUT2D eigenvalue weighted by atomic mass is 16.5. The van der Waals surface area contributed by atoms with E-state index in [1.54, 1.807) is 0 Å². The molecule has 0 amide bonds. The van der Waals surface area contributed by atoms with Crippen molar-refractivity contribution < 1.29 is 14.6 Å². The molecule has 0 rings (SSSR count). The SMILES string of the molecule is CCCC(C)COC(=O)[C@@H](O)CN. The van der Waals surface area contributed by atoms with Crippen LogP contribution >= 0.6 is 0 Å². The molecule has 0 saturated heterocycles. The maximum absolute atomic E-state index is 10.9. The number of nitrogens with two attached hydrogens (primary N) is 1. The second-order valence-corrected chi connectivity index (χ2v) is 3.28. The zero-order valence-corrected chi connectivity index (χ0v) is 8.32. The van der Waals surface area contributed by atoms with E-state index in [1.165, 1.54) is 0 Å². The van der Waals surface area contributed by atoms with Crippen molar-refractivity contribution in [3.05, 3.63) is 0 Å². The molecule has 0 aromatic carbocycles. The topological polar surface area (TPSA) is 72.5 Å². The van der Waals surface area contributed by atoms with Gasteiger partial charge in [0, 0.05) is 6.54 Å². The monoisotopic (exact) mass is 189 g/mol. The van der Waals surface area contributed by atoms with Crippen LogP contribution in [-0.2, 0) is 9.53 Å². The molecule has 0 fully saturated rings. The molecule has 0 heterocycles. The summed E-state index contributed by atoms with van der Waals surface area (Å²) in [6.45, 7) is 4.36. The highest BCUT2D eigenvalue weighted by Crippen LogP contribution is 2.05. The highest BCUT2D eigenvalue weighted by molar-refractivity contribution is 5.74. The molecule has 0 bridgehead atoms. The smallest absolute Gasteiger partial charge is 0.336 e. The molecule has 78 valence electrons. The van der Waals surface area contributed by atoms with Crippen LogP contribution in [0.5, 0.6) is 0 Å². The molecule has 0 radical (unpaired) electrons. The molecule has 4 nitrogen and oxygen atoms in total. The number of ether oxygens (including phenoxy) is 1. The van der Waals surface area contributed by atoms with E-state index < -0.39 is 12.1 Å². The van der Waals surface area contributed by atoms with Crippen LogP contribution < -0.4 is 5.73 Å². The third-order valence-electron chi connectivity index (χ3n) is 1.79. The lowest BCUT2D eigenvalue weighted by molar-refractivity contribution is -0.154. The first-order valence-corrected chi connectivity index (χ1v) is 4.66. The van der Waals surface area contributed by atoms with Crippen LogP contribution in [0.2, 0.25) is 0 Å². The second-order valence-electron chi connectivity index (χ2n) is 3.28. The molecule has 0 aromatic rings. The molecule has 0 aliphatic heterocycles. The summed E-state index contributed by atoms with van der Waals surface area (Å²) in [4.78, 5) is 10.9. The highest BCUT2D eigenvalue weighted by Gasteiger charge is 2.15. The maximum atomic E-state index is 10.9. The van der Waals surface area contributed by atoms with E-state index in [0.29, 0.717) is 12.5 Å².